The number of sulfonamides is 1. The lowest BCUT2D eigenvalue weighted by Gasteiger charge is -2.17. The maximum atomic E-state index is 13.9. The number of benzene rings is 4. The number of aryl methyl sites for hydroxylation is 1. The van der Waals surface area contributed by atoms with Gasteiger partial charge in [0.05, 0.1) is 32.7 Å². The van der Waals surface area contributed by atoms with Gasteiger partial charge >= 0.3 is 5.69 Å². The van der Waals surface area contributed by atoms with Gasteiger partial charge in [0, 0.05) is 31.1 Å². The second-order valence-corrected chi connectivity index (χ2v) is 14.6. The fourth-order valence-electron chi connectivity index (χ4n) is 5.59. The third kappa shape index (κ3) is 8.61. The largest absolute Gasteiger partial charge is 0.351 e. The van der Waals surface area contributed by atoms with Crippen molar-refractivity contribution in [2.75, 3.05) is 13.6 Å². The van der Waals surface area contributed by atoms with Crippen LogP contribution in [0.15, 0.2) is 101 Å². The van der Waals surface area contributed by atoms with E-state index in [9.17, 15) is 22.8 Å². The van der Waals surface area contributed by atoms with Crippen LogP contribution in [-0.4, -0.2) is 53.1 Å². The molecule has 0 aliphatic heterocycles. The van der Waals surface area contributed by atoms with E-state index in [2.05, 4.69) is 23.7 Å². The molecular weight excluding hydrogens is 709 g/mol. The summed E-state index contributed by atoms with van der Waals surface area (Å²) in [7, 11) is -2.53. The summed E-state index contributed by atoms with van der Waals surface area (Å²) >= 11 is 12.7. The van der Waals surface area contributed by atoms with E-state index >= 15 is 0 Å². The Labute approximate surface area is 307 Å². The van der Waals surface area contributed by atoms with Crippen molar-refractivity contribution in [2.45, 2.75) is 57.4 Å². The first-order valence-electron chi connectivity index (χ1n) is 16.7. The van der Waals surface area contributed by atoms with E-state index in [1.807, 2.05) is 12.1 Å². The van der Waals surface area contributed by atoms with Crippen molar-refractivity contribution in [3.63, 3.8) is 0 Å². The second-order valence-electron chi connectivity index (χ2n) is 12.2. The van der Waals surface area contributed by atoms with Gasteiger partial charge in [-0.1, -0.05) is 104 Å². The highest BCUT2D eigenvalue weighted by molar-refractivity contribution is 7.90. The number of amides is 2. The number of aromatic nitrogens is 3. The molecule has 1 N–H and O–H groups in total. The topological polar surface area (TPSA) is 123 Å². The summed E-state index contributed by atoms with van der Waals surface area (Å²) in [5, 5.41) is 5.10. The van der Waals surface area contributed by atoms with Gasteiger partial charge in [-0.15, -0.1) is 5.10 Å². The number of carbonyl (C=O) groups is 2. The fraction of sp³-hybridized carbons (Fsp3) is 0.263. The number of halogens is 2. The molecule has 0 radical (unpaired) electrons. The Morgan fingerprint density at radius 2 is 1.55 bits per heavy atom. The maximum Gasteiger partial charge on any atom is 0.351 e. The van der Waals surface area contributed by atoms with Crippen LogP contribution in [0.4, 0.5) is 0 Å². The molecule has 1 heterocycles. The molecule has 2 amide bonds. The van der Waals surface area contributed by atoms with Crippen molar-refractivity contribution in [1.82, 2.24) is 24.0 Å². The van der Waals surface area contributed by atoms with Crippen molar-refractivity contribution in [3.05, 3.63) is 134 Å². The molecule has 0 spiro atoms. The quantitative estimate of drug-likeness (QED) is 0.126. The predicted octanol–water partition coefficient (Wildman–Crippen LogP) is 7.39. The van der Waals surface area contributed by atoms with E-state index < -0.39 is 21.6 Å². The van der Waals surface area contributed by atoms with Crippen molar-refractivity contribution >= 4 is 45.0 Å². The minimum absolute atomic E-state index is 0.0416. The smallest absolute Gasteiger partial charge is 0.342 e. The minimum atomic E-state index is -4.28. The van der Waals surface area contributed by atoms with Crippen LogP contribution in [-0.2, 0) is 23.0 Å². The number of nitrogens with zero attached hydrogens (tertiary/aromatic N) is 4. The molecule has 51 heavy (non-hydrogen) atoms. The minimum Gasteiger partial charge on any atom is -0.342 e. The number of nitrogens with one attached hydrogen (secondary N) is 1. The van der Waals surface area contributed by atoms with E-state index in [0.717, 1.165) is 31.2 Å². The molecule has 266 valence electrons. The van der Waals surface area contributed by atoms with Gasteiger partial charge in [0.2, 0.25) is 0 Å². The van der Waals surface area contributed by atoms with Gasteiger partial charge in [-0.25, -0.2) is 17.9 Å². The second kappa shape index (κ2) is 16.5. The number of rotatable bonds is 14. The summed E-state index contributed by atoms with van der Waals surface area (Å²) in [5.74, 6) is -0.434. The van der Waals surface area contributed by atoms with Gasteiger partial charge < -0.3 is 4.90 Å². The van der Waals surface area contributed by atoms with Crippen LogP contribution in [0.3, 0.4) is 0 Å². The molecule has 0 atom stereocenters. The Balaban J connectivity index is 1.43. The van der Waals surface area contributed by atoms with Crippen LogP contribution in [0.1, 0.15) is 71.6 Å². The highest BCUT2D eigenvalue weighted by Crippen LogP contribution is 2.28. The van der Waals surface area contributed by atoms with Crippen molar-refractivity contribution in [2.24, 2.45) is 0 Å². The lowest BCUT2D eigenvalue weighted by molar-refractivity contribution is 0.0793. The highest BCUT2D eigenvalue weighted by Gasteiger charge is 2.24. The van der Waals surface area contributed by atoms with Crippen LogP contribution >= 0.6 is 23.2 Å². The molecule has 0 aliphatic carbocycles. The third-order valence-electron chi connectivity index (χ3n) is 8.44. The lowest BCUT2D eigenvalue weighted by atomic mass is 10.0. The predicted molar refractivity (Wildman–Crippen MR) is 200 cm³/mol. The zero-order chi connectivity index (χ0) is 36.7. The van der Waals surface area contributed by atoms with Gasteiger partial charge in [0.25, 0.3) is 21.8 Å². The Hall–Kier alpha value is -4.71. The molecule has 5 rings (SSSR count). The molecule has 0 bridgehead atoms. The van der Waals surface area contributed by atoms with Crippen LogP contribution < -0.4 is 10.4 Å². The molecule has 0 saturated carbocycles. The van der Waals surface area contributed by atoms with E-state index in [1.165, 1.54) is 22.9 Å². The molecule has 0 fully saturated rings. The number of hydrogen-bond donors (Lipinski definition) is 1. The molecular formula is C38H39Cl2N5O5S. The molecule has 10 nitrogen and oxygen atoms in total. The summed E-state index contributed by atoms with van der Waals surface area (Å²) < 4.78 is 31.8. The lowest BCUT2D eigenvalue weighted by Crippen LogP contribution is -2.31. The van der Waals surface area contributed by atoms with E-state index in [0.29, 0.717) is 41.2 Å². The summed E-state index contributed by atoms with van der Waals surface area (Å²) in [6.45, 7) is 4.93. The summed E-state index contributed by atoms with van der Waals surface area (Å²) in [4.78, 5) is 41.4. The van der Waals surface area contributed by atoms with Gasteiger partial charge in [0.15, 0.2) is 0 Å². The monoisotopic (exact) mass is 747 g/mol. The maximum absolute atomic E-state index is 13.9. The average Bonchev–Trinajstić information content (AvgIpc) is 3.43. The molecule has 1 aromatic heterocycles. The number of carbonyl (C=O) groups excluding carboxylic acids is 2. The Kier molecular flexibility index (Phi) is 12.2. The zero-order valence-corrected chi connectivity index (χ0v) is 30.9. The van der Waals surface area contributed by atoms with Crippen LogP contribution in [0.2, 0.25) is 10.0 Å². The number of unbranched alkanes of at least 4 members (excludes halogenated alkanes) is 2. The standard InChI is InChI=1S/C38H39Cl2N5O5S/c1-4-6-16-35-41-45(33-24-28(21-22-32(33)40)37(47)43(3)23-7-5-2)38(48)44(35)25-26-17-19-27(20-18-26)29-12-9-11-15-34(29)51(49,50)42-36(46)30-13-8-10-14-31(30)39/h8-15,17-22,24H,4-7,16,23,25H2,1-3H3,(H,42,46). The highest BCUT2D eigenvalue weighted by atomic mass is 35.5. The van der Waals surface area contributed by atoms with Gasteiger partial charge in [-0.2, -0.15) is 4.68 Å². The number of hydrogen-bond acceptors (Lipinski definition) is 6. The Bertz CT molecular complexity index is 2210. The first-order chi connectivity index (χ1) is 24.4. The molecule has 4 aromatic carbocycles. The van der Waals surface area contributed by atoms with Gasteiger partial charge in [0.1, 0.15) is 5.82 Å². The van der Waals surface area contributed by atoms with E-state index in [4.69, 9.17) is 23.2 Å². The van der Waals surface area contributed by atoms with Crippen LogP contribution in [0, 0.1) is 0 Å². The molecule has 5 aromatic rings. The first kappa shape index (κ1) is 37.5. The van der Waals surface area contributed by atoms with Crippen LogP contribution in [0.5, 0.6) is 0 Å². The van der Waals surface area contributed by atoms with Crippen molar-refractivity contribution in [1.29, 1.82) is 0 Å². The third-order valence-corrected chi connectivity index (χ3v) is 10.5. The van der Waals surface area contributed by atoms with Crippen molar-refractivity contribution < 1.29 is 18.0 Å². The Morgan fingerprint density at radius 3 is 2.25 bits per heavy atom. The van der Waals surface area contributed by atoms with Gasteiger partial charge in [-0.3, -0.25) is 14.2 Å². The first-order valence-corrected chi connectivity index (χ1v) is 18.9. The summed E-state index contributed by atoms with van der Waals surface area (Å²) in [5.41, 5.74) is 2.13. The van der Waals surface area contributed by atoms with Gasteiger partial charge in [-0.05, 0) is 60.4 Å². The fourth-order valence-corrected chi connectivity index (χ4v) is 7.20. The molecule has 0 unspecified atom stereocenters. The summed E-state index contributed by atoms with van der Waals surface area (Å²) in [6, 6.07) is 24.6. The summed E-state index contributed by atoms with van der Waals surface area (Å²) in [6.07, 6.45) is 4.09. The molecule has 0 aliphatic rings. The SMILES string of the molecule is CCCCc1nn(-c2cc(C(=O)N(C)CCCC)ccc2Cl)c(=O)n1Cc1ccc(-c2ccccc2S(=O)(=O)NC(=O)c2ccccc2Cl)cc1. The van der Waals surface area contributed by atoms with E-state index in [1.54, 1.807) is 77.2 Å². The average molecular weight is 749 g/mol. The molecule has 0 saturated heterocycles. The van der Waals surface area contributed by atoms with Crippen LogP contribution in [0.25, 0.3) is 16.8 Å². The Morgan fingerprint density at radius 1 is 0.863 bits per heavy atom. The molecule has 13 heteroatoms. The normalized spacial score (nSPS) is 11.4. The van der Waals surface area contributed by atoms with Crippen molar-refractivity contribution in [3.8, 4) is 16.8 Å². The zero-order valence-electron chi connectivity index (χ0n) is 28.6. The van der Waals surface area contributed by atoms with E-state index in [-0.39, 0.29) is 33.0 Å².